The summed E-state index contributed by atoms with van der Waals surface area (Å²) >= 11 is 1.40. The third-order valence-corrected chi connectivity index (χ3v) is 3.73. The van der Waals surface area contributed by atoms with Crippen molar-refractivity contribution in [2.45, 2.75) is 32.2 Å². The molecule has 0 spiro atoms. The Morgan fingerprint density at radius 2 is 2.53 bits per heavy atom. The van der Waals surface area contributed by atoms with Crippen molar-refractivity contribution in [1.82, 2.24) is 5.32 Å². The van der Waals surface area contributed by atoms with E-state index in [1.54, 1.807) is 6.07 Å². The standard InChI is InChI=1S/C11H16N2OS/c1-2-3-7-6-9(7)13-11(14)10-8(12)4-5-15-10/h4-5,7,9H,2-3,6,12H2,1H3,(H,13,14). The van der Waals surface area contributed by atoms with E-state index >= 15 is 0 Å². The molecule has 0 bridgehead atoms. The number of thiophene rings is 1. The van der Waals surface area contributed by atoms with Gasteiger partial charge in [0, 0.05) is 6.04 Å². The Morgan fingerprint density at radius 1 is 1.73 bits per heavy atom. The van der Waals surface area contributed by atoms with E-state index in [0.717, 1.165) is 6.42 Å². The Bertz CT molecular complexity index is 361. The van der Waals surface area contributed by atoms with E-state index in [1.807, 2.05) is 5.38 Å². The minimum absolute atomic E-state index is 0.00824. The van der Waals surface area contributed by atoms with Crippen LogP contribution in [0.25, 0.3) is 0 Å². The van der Waals surface area contributed by atoms with Gasteiger partial charge in [-0.2, -0.15) is 0 Å². The van der Waals surface area contributed by atoms with Crippen molar-refractivity contribution in [3.05, 3.63) is 16.3 Å². The van der Waals surface area contributed by atoms with Gasteiger partial charge in [-0.25, -0.2) is 0 Å². The van der Waals surface area contributed by atoms with E-state index in [-0.39, 0.29) is 5.91 Å². The molecule has 3 N–H and O–H groups in total. The number of hydrogen-bond acceptors (Lipinski definition) is 3. The molecule has 15 heavy (non-hydrogen) atoms. The molecular weight excluding hydrogens is 208 g/mol. The summed E-state index contributed by atoms with van der Waals surface area (Å²) in [7, 11) is 0. The van der Waals surface area contributed by atoms with Gasteiger partial charge in [0.15, 0.2) is 0 Å². The van der Waals surface area contributed by atoms with Crippen LogP contribution < -0.4 is 11.1 Å². The molecule has 4 heteroatoms. The minimum atomic E-state index is -0.00824. The molecule has 0 radical (unpaired) electrons. The van der Waals surface area contributed by atoms with Crippen LogP contribution in [0.4, 0.5) is 5.69 Å². The molecule has 0 aromatic carbocycles. The highest BCUT2D eigenvalue weighted by atomic mass is 32.1. The number of nitrogens with two attached hydrogens (primary N) is 1. The lowest BCUT2D eigenvalue weighted by molar-refractivity contribution is 0.0953. The summed E-state index contributed by atoms with van der Waals surface area (Å²) in [6.07, 6.45) is 3.54. The second-order valence-electron chi connectivity index (χ2n) is 4.07. The average Bonchev–Trinajstić information content (AvgIpc) is 2.76. The molecule has 2 unspecified atom stereocenters. The molecule has 2 atom stereocenters. The van der Waals surface area contributed by atoms with Crippen LogP contribution in [0.1, 0.15) is 35.9 Å². The van der Waals surface area contributed by atoms with Gasteiger partial charge in [-0.15, -0.1) is 11.3 Å². The monoisotopic (exact) mass is 224 g/mol. The van der Waals surface area contributed by atoms with Crippen molar-refractivity contribution in [1.29, 1.82) is 0 Å². The summed E-state index contributed by atoms with van der Waals surface area (Å²) < 4.78 is 0. The molecule has 1 fully saturated rings. The van der Waals surface area contributed by atoms with Crippen LogP contribution in [-0.4, -0.2) is 11.9 Å². The van der Waals surface area contributed by atoms with E-state index < -0.39 is 0 Å². The van der Waals surface area contributed by atoms with Gasteiger partial charge in [0.1, 0.15) is 4.88 Å². The quantitative estimate of drug-likeness (QED) is 0.824. The van der Waals surface area contributed by atoms with Gasteiger partial charge in [-0.1, -0.05) is 13.3 Å². The molecule has 3 nitrogen and oxygen atoms in total. The third-order valence-electron chi connectivity index (χ3n) is 2.80. The van der Waals surface area contributed by atoms with Crippen molar-refractivity contribution >= 4 is 22.9 Å². The lowest BCUT2D eigenvalue weighted by Gasteiger charge is -2.03. The Hall–Kier alpha value is -1.03. The Labute approximate surface area is 93.7 Å². The Balaban J connectivity index is 1.87. The molecule has 82 valence electrons. The van der Waals surface area contributed by atoms with Gasteiger partial charge in [-0.05, 0) is 30.2 Å². The fourth-order valence-electron chi connectivity index (χ4n) is 1.85. The first kappa shape index (κ1) is 10.5. The number of nitrogens with one attached hydrogen (secondary N) is 1. The largest absolute Gasteiger partial charge is 0.397 e. The first-order valence-corrected chi connectivity index (χ1v) is 6.24. The van der Waals surface area contributed by atoms with Crippen molar-refractivity contribution in [2.75, 3.05) is 5.73 Å². The van der Waals surface area contributed by atoms with Crippen LogP contribution in [0.3, 0.4) is 0 Å². The molecule has 1 aliphatic rings. The van der Waals surface area contributed by atoms with Crippen molar-refractivity contribution in [3.63, 3.8) is 0 Å². The van der Waals surface area contributed by atoms with Gasteiger partial charge in [-0.3, -0.25) is 4.79 Å². The molecule has 1 aromatic heterocycles. The van der Waals surface area contributed by atoms with Crippen LogP contribution in [-0.2, 0) is 0 Å². The second kappa shape index (κ2) is 4.23. The fourth-order valence-corrected chi connectivity index (χ4v) is 2.57. The smallest absolute Gasteiger partial charge is 0.263 e. The van der Waals surface area contributed by atoms with Gasteiger partial charge < -0.3 is 11.1 Å². The summed E-state index contributed by atoms with van der Waals surface area (Å²) in [6.45, 7) is 2.18. The van der Waals surface area contributed by atoms with Crippen LogP contribution in [0.2, 0.25) is 0 Å². The maximum Gasteiger partial charge on any atom is 0.263 e. The van der Waals surface area contributed by atoms with Crippen LogP contribution >= 0.6 is 11.3 Å². The average molecular weight is 224 g/mol. The first-order chi connectivity index (χ1) is 7.22. The van der Waals surface area contributed by atoms with Crippen LogP contribution in [0.15, 0.2) is 11.4 Å². The number of amides is 1. The minimum Gasteiger partial charge on any atom is -0.397 e. The summed E-state index contributed by atoms with van der Waals surface area (Å²) in [5.41, 5.74) is 6.27. The Morgan fingerprint density at radius 3 is 3.13 bits per heavy atom. The molecule has 1 amide bonds. The van der Waals surface area contributed by atoms with Gasteiger partial charge in [0.25, 0.3) is 5.91 Å². The number of nitrogen functional groups attached to an aromatic ring is 1. The highest BCUT2D eigenvalue weighted by Gasteiger charge is 2.37. The number of carbonyl (C=O) groups is 1. The first-order valence-electron chi connectivity index (χ1n) is 5.36. The molecule has 0 saturated heterocycles. The zero-order valence-corrected chi connectivity index (χ0v) is 9.64. The molecule has 2 rings (SSSR count). The third kappa shape index (κ3) is 2.31. The summed E-state index contributed by atoms with van der Waals surface area (Å²) in [6, 6.07) is 2.16. The van der Waals surface area contributed by atoms with E-state index in [0.29, 0.717) is 22.5 Å². The van der Waals surface area contributed by atoms with Gasteiger partial charge >= 0.3 is 0 Å². The molecule has 1 aliphatic carbocycles. The van der Waals surface area contributed by atoms with Gasteiger partial charge in [0.05, 0.1) is 5.69 Å². The summed E-state index contributed by atoms with van der Waals surface area (Å²) in [5.74, 6) is 0.686. The summed E-state index contributed by atoms with van der Waals surface area (Å²) in [4.78, 5) is 12.4. The zero-order valence-electron chi connectivity index (χ0n) is 8.82. The topological polar surface area (TPSA) is 55.1 Å². The zero-order chi connectivity index (χ0) is 10.8. The van der Waals surface area contributed by atoms with Crippen molar-refractivity contribution < 1.29 is 4.79 Å². The predicted octanol–water partition coefficient (Wildman–Crippen LogP) is 2.25. The van der Waals surface area contributed by atoms with Crippen molar-refractivity contribution in [2.24, 2.45) is 5.92 Å². The Kier molecular flexibility index (Phi) is 2.95. The highest BCUT2D eigenvalue weighted by Crippen LogP contribution is 2.35. The van der Waals surface area contributed by atoms with E-state index in [1.165, 1.54) is 24.2 Å². The van der Waals surface area contributed by atoms with E-state index in [4.69, 9.17) is 5.73 Å². The lowest BCUT2D eigenvalue weighted by Crippen LogP contribution is -2.26. The maximum absolute atomic E-state index is 11.7. The molecule has 1 aromatic rings. The number of hydrogen-bond donors (Lipinski definition) is 2. The van der Waals surface area contributed by atoms with E-state index in [9.17, 15) is 4.79 Å². The van der Waals surface area contributed by atoms with Crippen LogP contribution in [0, 0.1) is 5.92 Å². The van der Waals surface area contributed by atoms with Crippen molar-refractivity contribution in [3.8, 4) is 0 Å². The fraction of sp³-hybridized carbons (Fsp3) is 0.545. The SMILES string of the molecule is CCCC1CC1NC(=O)c1sccc1N. The number of carbonyl (C=O) groups excluding carboxylic acids is 1. The normalized spacial score (nSPS) is 23.8. The van der Waals surface area contributed by atoms with Gasteiger partial charge in [0.2, 0.25) is 0 Å². The highest BCUT2D eigenvalue weighted by molar-refractivity contribution is 7.12. The molecule has 1 heterocycles. The maximum atomic E-state index is 11.7. The lowest BCUT2D eigenvalue weighted by atomic mass is 10.2. The predicted molar refractivity (Wildman–Crippen MR) is 63.0 cm³/mol. The number of anilines is 1. The number of rotatable bonds is 4. The molecule has 0 aliphatic heterocycles. The second-order valence-corrected chi connectivity index (χ2v) is 4.99. The molecule has 1 saturated carbocycles. The van der Waals surface area contributed by atoms with Crippen LogP contribution in [0.5, 0.6) is 0 Å². The van der Waals surface area contributed by atoms with E-state index in [2.05, 4.69) is 12.2 Å². The molecular formula is C11H16N2OS. The summed E-state index contributed by atoms with van der Waals surface area (Å²) in [5, 5.41) is 4.87.